The van der Waals surface area contributed by atoms with E-state index in [0.29, 0.717) is 19.7 Å². The summed E-state index contributed by atoms with van der Waals surface area (Å²) in [6, 6.07) is 7.64. The van der Waals surface area contributed by atoms with Crippen LogP contribution in [0.3, 0.4) is 0 Å². The van der Waals surface area contributed by atoms with Gasteiger partial charge in [-0.25, -0.2) is 4.98 Å². The third-order valence-corrected chi connectivity index (χ3v) is 3.90. The van der Waals surface area contributed by atoms with Gasteiger partial charge in [0.15, 0.2) is 0 Å². The van der Waals surface area contributed by atoms with Gasteiger partial charge in [-0.2, -0.15) is 0 Å². The number of aryl methyl sites for hydroxylation is 1. The normalized spacial score (nSPS) is 20.4. The van der Waals surface area contributed by atoms with E-state index in [4.69, 9.17) is 4.74 Å². The van der Waals surface area contributed by atoms with Crippen LogP contribution in [0.4, 0.5) is 0 Å². The zero-order valence-corrected chi connectivity index (χ0v) is 14.7. The highest BCUT2D eigenvalue weighted by molar-refractivity contribution is 5.85. The summed E-state index contributed by atoms with van der Waals surface area (Å²) >= 11 is 0. The summed E-state index contributed by atoms with van der Waals surface area (Å²) < 4.78 is 7.49. The number of hydrogen-bond donors (Lipinski definition) is 2. The number of halogens is 2. The molecule has 1 aliphatic rings. The number of nitrogens with zero attached hydrogens (tertiary/aromatic N) is 2. The van der Waals surface area contributed by atoms with Gasteiger partial charge >= 0.3 is 0 Å². The summed E-state index contributed by atoms with van der Waals surface area (Å²) in [7, 11) is 1.96. The van der Waals surface area contributed by atoms with Crippen LogP contribution < -0.4 is 10.6 Å². The third-order valence-electron chi connectivity index (χ3n) is 3.90. The summed E-state index contributed by atoms with van der Waals surface area (Å²) in [6.07, 6.45) is -0.112. The highest BCUT2D eigenvalue weighted by atomic mass is 35.5. The van der Waals surface area contributed by atoms with Gasteiger partial charge in [-0.3, -0.25) is 4.79 Å². The number of imidazole rings is 1. The lowest BCUT2D eigenvalue weighted by atomic mass is 10.1. The molecule has 1 amide bonds. The van der Waals surface area contributed by atoms with Gasteiger partial charge in [0.2, 0.25) is 5.91 Å². The Morgan fingerprint density at radius 3 is 2.87 bits per heavy atom. The monoisotopic (exact) mass is 360 g/mol. The lowest BCUT2D eigenvalue weighted by molar-refractivity contribution is -0.129. The first kappa shape index (κ1) is 19.7. The molecule has 0 spiro atoms. The van der Waals surface area contributed by atoms with E-state index in [1.54, 1.807) is 0 Å². The van der Waals surface area contributed by atoms with Gasteiger partial charge in [0.1, 0.15) is 11.9 Å². The quantitative estimate of drug-likeness (QED) is 0.868. The minimum Gasteiger partial charge on any atom is -0.375 e. The molecule has 2 atom stereocenters. The highest BCUT2D eigenvalue weighted by Crippen LogP contribution is 2.14. The fourth-order valence-electron chi connectivity index (χ4n) is 2.66. The van der Waals surface area contributed by atoms with E-state index >= 15 is 0 Å². The van der Waals surface area contributed by atoms with Gasteiger partial charge in [0.25, 0.3) is 0 Å². The molecule has 1 aromatic heterocycles. The van der Waals surface area contributed by atoms with Crippen molar-refractivity contribution in [3.63, 3.8) is 0 Å². The second-order valence-electron chi connectivity index (χ2n) is 5.30. The van der Waals surface area contributed by atoms with Gasteiger partial charge in [0, 0.05) is 13.6 Å². The van der Waals surface area contributed by atoms with Crippen molar-refractivity contribution in [3.8, 4) is 0 Å². The second-order valence-corrected chi connectivity index (χ2v) is 5.30. The van der Waals surface area contributed by atoms with Crippen LogP contribution in [0, 0.1) is 0 Å². The molecule has 1 saturated heterocycles. The van der Waals surface area contributed by atoms with Crippen LogP contribution in [0.1, 0.15) is 12.7 Å². The van der Waals surface area contributed by atoms with Crippen molar-refractivity contribution in [2.75, 3.05) is 13.2 Å². The number of para-hydroxylation sites is 2. The molecule has 2 aromatic rings. The molecule has 0 bridgehead atoms. The van der Waals surface area contributed by atoms with Crippen LogP contribution in [0.2, 0.25) is 0 Å². The topological polar surface area (TPSA) is 68.2 Å². The molecule has 0 aliphatic carbocycles. The fourth-order valence-corrected chi connectivity index (χ4v) is 2.66. The molecular weight excluding hydrogens is 339 g/mol. The molecule has 1 fully saturated rings. The van der Waals surface area contributed by atoms with Crippen molar-refractivity contribution in [1.29, 1.82) is 0 Å². The molecule has 23 heavy (non-hydrogen) atoms. The zero-order chi connectivity index (χ0) is 14.8. The maximum atomic E-state index is 12.2. The Bertz CT molecular complexity index is 662. The highest BCUT2D eigenvalue weighted by Gasteiger charge is 2.28. The van der Waals surface area contributed by atoms with E-state index in [9.17, 15) is 4.79 Å². The number of rotatable bonds is 3. The SMILES string of the molecule is C[C@H]1OCCN[C@@H]1C(=O)NCc1nc2ccccc2n1C.Cl.Cl. The minimum atomic E-state index is -0.298. The molecular formula is C15H22Cl2N4O2. The van der Waals surface area contributed by atoms with Crippen molar-refractivity contribution in [3.05, 3.63) is 30.1 Å². The van der Waals surface area contributed by atoms with Crippen molar-refractivity contribution >= 4 is 41.8 Å². The molecule has 2 heterocycles. The van der Waals surface area contributed by atoms with E-state index in [1.165, 1.54) is 0 Å². The summed E-state index contributed by atoms with van der Waals surface area (Å²) in [6.45, 7) is 3.67. The predicted octanol–water partition coefficient (Wildman–Crippen LogP) is 1.41. The van der Waals surface area contributed by atoms with Gasteiger partial charge in [-0.15, -0.1) is 24.8 Å². The molecule has 128 valence electrons. The van der Waals surface area contributed by atoms with Crippen LogP contribution in [0.25, 0.3) is 11.0 Å². The summed E-state index contributed by atoms with van der Waals surface area (Å²) in [5.74, 6) is 0.795. The van der Waals surface area contributed by atoms with Crippen LogP contribution in [-0.2, 0) is 23.1 Å². The van der Waals surface area contributed by atoms with E-state index in [-0.39, 0.29) is 42.9 Å². The predicted molar refractivity (Wildman–Crippen MR) is 94.3 cm³/mol. The number of benzene rings is 1. The number of fused-ring (bicyclic) bond motifs is 1. The molecule has 0 radical (unpaired) electrons. The first-order valence-electron chi connectivity index (χ1n) is 7.20. The Kier molecular flexibility index (Phi) is 7.28. The lowest BCUT2D eigenvalue weighted by Crippen LogP contribution is -2.55. The molecule has 1 aromatic carbocycles. The molecule has 0 unspecified atom stereocenters. The standard InChI is InChI=1S/C15H20N4O2.2ClH/c1-10-14(16-7-8-21-10)15(20)17-9-13-18-11-5-3-4-6-12(11)19(13)2;;/h3-6,10,14,16H,7-9H2,1-2H3,(H,17,20);2*1H/t10-,14+;;/m1../s1. The number of carbonyl (C=O) groups excluding carboxylic acids is 1. The minimum absolute atomic E-state index is 0. The Morgan fingerprint density at radius 2 is 2.17 bits per heavy atom. The fraction of sp³-hybridized carbons (Fsp3) is 0.467. The number of hydrogen-bond acceptors (Lipinski definition) is 4. The maximum Gasteiger partial charge on any atom is 0.240 e. The molecule has 8 heteroatoms. The Labute approximate surface area is 147 Å². The van der Waals surface area contributed by atoms with E-state index in [2.05, 4.69) is 15.6 Å². The van der Waals surface area contributed by atoms with Gasteiger partial charge in [0.05, 0.1) is 30.3 Å². The van der Waals surface area contributed by atoms with Crippen LogP contribution in [0.15, 0.2) is 24.3 Å². The Balaban J connectivity index is 0.00000132. The molecule has 2 N–H and O–H groups in total. The van der Waals surface area contributed by atoms with E-state index < -0.39 is 0 Å². The number of ether oxygens (including phenoxy) is 1. The summed E-state index contributed by atoms with van der Waals surface area (Å²) in [4.78, 5) is 16.8. The summed E-state index contributed by atoms with van der Waals surface area (Å²) in [5.41, 5.74) is 2.01. The third kappa shape index (κ3) is 4.14. The van der Waals surface area contributed by atoms with E-state index in [1.807, 2.05) is 42.8 Å². The second kappa shape index (κ2) is 8.49. The van der Waals surface area contributed by atoms with Crippen molar-refractivity contribution in [1.82, 2.24) is 20.2 Å². The van der Waals surface area contributed by atoms with Crippen molar-refractivity contribution in [2.24, 2.45) is 7.05 Å². The van der Waals surface area contributed by atoms with Gasteiger partial charge in [-0.05, 0) is 19.1 Å². The molecule has 1 aliphatic heterocycles. The van der Waals surface area contributed by atoms with E-state index in [0.717, 1.165) is 16.9 Å². The van der Waals surface area contributed by atoms with Gasteiger partial charge < -0.3 is 19.9 Å². The number of aromatic nitrogens is 2. The smallest absolute Gasteiger partial charge is 0.240 e. The van der Waals surface area contributed by atoms with Crippen LogP contribution >= 0.6 is 24.8 Å². The van der Waals surface area contributed by atoms with Crippen LogP contribution in [-0.4, -0.2) is 40.8 Å². The zero-order valence-electron chi connectivity index (χ0n) is 13.1. The first-order valence-corrected chi connectivity index (χ1v) is 7.20. The average molecular weight is 361 g/mol. The largest absolute Gasteiger partial charge is 0.375 e. The summed E-state index contributed by atoms with van der Waals surface area (Å²) in [5, 5.41) is 6.12. The van der Waals surface area contributed by atoms with Crippen molar-refractivity contribution in [2.45, 2.75) is 25.6 Å². The Hall–Kier alpha value is -1.34. The molecule has 0 saturated carbocycles. The number of carbonyl (C=O) groups is 1. The average Bonchev–Trinajstić information content (AvgIpc) is 2.82. The lowest BCUT2D eigenvalue weighted by Gasteiger charge is -2.29. The first-order chi connectivity index (χ1) is 10.2. The number of nitrogens with one attached hydrogen (secondary N) is 2. The van der Waals surface area contributed by atoms with Gasteiger partial charge in [-0.1, -0.05) is 12.1 Å². The van der Waals surface area contributed by atoms with Crippen molar-refractivity contribution < 1.29 is 9.53 Å². The number of amides is 1. The van der Waals surface area contributed by atoms with Crippen LogP contribution in [0.5, 0.6) is 0 Å². The number of morpholine rings is 1. The molecule has 6 nitrogen and oxygen atoms in total. The Morgan fingerprint density at radius 1 is 1.43 bits per heavy atom. The maximum absolute atomic E-state index is 12.2. The molecule has 3 rings (SSSR count).